The van der Waals surface area contributed by atoms with E-state index in [1.54, 1.807) is 6.20 Å². The molecule has 1 atom stereocenters. The fourth-order valence-electron chi connectivity index (χ4n) is 7.13. The van der Waals surface area contributed by atoms with Gasteiger partial charge in [0, 0.05) is 42.3 Å². The van der Waals surface area contributed by atoms with E-state index in [2.05, 4.69) is 20.0 Å². The molecule has 0 spiro atoms. The maximum absolute atomic E-state index is 14.0. The second-order valence-corrected chi connectivity index (χ2v) is 18.0. The van der Waals surface area contributed by atoms with E-state index in [0.717, 1.165) is 28.7 Å². The molecule has 0 saturated heterocycles. The Kier molecular flexibility index (Phi) is 32.8. The van der Waals surface area contributed by atoms with Crippen LogP contribution in [0.3, 0.4) is 0 Å². The highest BCUT2D eigenvalue weighted by Crippen LogP contribution is 2.34. The lowest BCUT2D eigenvalue weighted by Gasteiger charge is -2.21. The molecule has 1 aliphatic heterocycles. The fraction of sp³-hybridized carbons (Fsp3) is 0.566. The molecule has 0 saturated carbocycles. The Hall–Kier alpha value is -5.40. The Morgan fingerprint density at radius 3 is 1.61 bits per heavy atom. The van der Waals surface area contributed by atoms with Gasteiger partial charge in [0.1, 0.15) is 10.7 Å². The zero-order valence-corrected chi connectivity index (χ0v) is 46.2. The van der Waals surface area contributed by atoms with Gasteiger partial charge >= 0.3 is 5.97 Å². The van der Waals surface area contributed by atoms with Gasteiger partial charge in [0.25, 0.3) is 5.91 Å². The molecule has 4 rings (SSSR count). The predicted octanol–water partition coefficient (Wildman–Crippen LogP) is 5.33. The number of carbonyl (C=O) groups is 3. The van der Waals surface area contributed by atoms with Crippen LogP contribution in [0, 0.1) is 30.2 Å². The number of halogens is 4. The summed E-state index contributed by atoms with van der Waals surface area (Å²) in [5, 5.41) is 4.27. The maximum Gasteiger partial charge on any atom is 0.313 e. The fourth-order valence-corrected chi connectivity index (χ4v) is 7.62. The molecule has 0 aliphatic carbocycles. The summed E-state index contributed by atoms with van der Waals surface area (Å²) in [6.07, 6.45) is 4.24. The van der Waals surface area contributed by atoms with Gasteiger partial charge in [0.05, 0.1) is 163 Å². The SMILES string of the molecule is CCCN(OCC)C(=O)C1=Cc2ccc(-c3cnc(CNC(=O)CCOCCOCCOCCOCCOCCOCCOCCOCCOCCOCCC(=O)Oc4c(F)c(F)c(S(=O)O)c(F)c4F)cc3C)cc2N=C(N)C1. The molecule has 2 heterocycles. The first-order chi connectivity index (χ1) is 38.7. The Bertz CT molecular complexity index is 2440. The molecular formula is C53H73F4N5O17S. The van der Waals surface area contributed by atoms with Crippen LogP contribution in [0.15, 0.2) is 45.9 Å². The van der Waals surface area contributed by atoms with Gasteiger partial charge < -0.3 is 67.7 Å². The van der Waals surface area contributed by atoms with Crippen LogP contribution < -0.4 is 15.8 Å². The molecular weight excluding hydrogens is 1090 g/mol. The Morgan fingerprint density at radius 2 is 1.16 bits per heavy atom. The van der Waals surface area contributed by atoms with Crippen LogP contribution in [0.5, 0.6) is 5.75 Å². The van der Waals surface area contributed by atoms with Crippen molar-refractivity contribution in [3.8, 4) is 16.9 Å². The molecule has 2 amide bonds. The normalized spacial score (nSPS) is 12.7. The van der Waals surface area contributed by atoms with E-state index in [0.29, 0.717) is 128 Å². The van der Waals surface area contributed by atoms with E-state index in [1.807, 2.05) is 51.1 Å². The molecule has 27 heteroatoms. The van der Waals surface area contributed by atoms with Crippen LogP contribution in [-0.4, -0.2) is 188 Å². The van der Waals surface area contributed by atoms with E-state index < -0.39 is 57.4 Å². The highest BCUT2D eigenvalue weighted by Gasteiger charge is 2.31. The first kappa shape index (κ1) is 67.1. The van der Waals surface area contributed by atoms with Crippen LogP contribution in [-0.2, 0) is 84.2 Å². The topological polar surface area (TPSA) is 266 Å². The number of nitrogens with one attached hydrogen (secondary N) is 1. The number of rotatable bonds is 43. The third-order valence-electron chi connectivity index (χ3n) is 11.0. The number of benzene rings is 2. The molecule has 0 bridgehead atoms. The highest BCUT2D eigenvalue weighted by atomic mass is 32.2. The number of nitrogens with zero attached hydrogens (tertiary/aromatic N) is 3. The number of amides is 2. The number of hydrogen-bond donors (Lipinski definition) is 3. The predicted molar refractivity (Wildman–Crippen MR) is 282 cm³/mol. The summed E-state index contributed by atoms with van der Waals surface area (Å²) in [5.74, 6) is -11.5. The van der Waals surface area contributed by atoms with Crippen LogP contribution in [0.2, 0.25) is 0 Å². The van der Waals surface area contributed by atoms with Gasteiger partial charge in [-0.15, -0.1) is 0 Å². The first-order valence-electron chi connectivity index (χ1n) is 26.0. The quantitative estimate of drug-likeness (QED) is 0.0123. The minimum absolute atomic E-state index is 0.0521. The Morgan fingerprint density at radius 1 is 0.688 bits per heavy atom. The van der Waals surface area contributed by atoms with Crippen molar-refractivity contribution in [2.75, 3.05) is 145 Å². The van der Waals surface area contributed by atoms with Gasteiger partial charge in [-0.2, -0.15) is 8.78 Å². The summed E-state index contributed by atoms with van der Waals surface area (Å²) < 4.78 is 134. The summed E-state index contributed by atoms with van der Waals surface area (Å²) in [5.41, 5.74) is 11.7. The minimum Gasteiger partial charge on any atom is -0.420 e. The average molecular weight is 1160 g/mol. The number of hydroxylamine groups is 2. The molecule has 1 aromatic heterocycles. The van der Waals surface area contributed by atoms with E-state index in [-0.39, 0.29) is 70.8 Å². The van der Waals surface area contributed by atoms with E-state index in [9.17, 15) is 36.2 Å². The molecule has 80 heavy (non-hydrogen) atoms. The molecule has 1 aliphatic rings. The number of amidine groups is 1. The molecule has 3 aromatic rings. The zero-order chi connectivity index (χ0) is 57.9. The molecule has 1 unspecified atom stereocenters. The summed E-state index contributed by atoms with van der Waals surface area (Å²) >= 11 is -3.36. The van der Waals surface area contributed by atoms with Crippen LogP contribution in [0.1, 0.15) is 56.4 Å². The lowest BCUT2D eigenvalue weighted by molar-refractivity contribution is -0.180. The lowest BCUT2D eigenvalue weighted by Crippen LogP contribution is -2.34. The number of hydrogen-bond acceptors (Lipinski definition) is 19. The number of aromatic nitrogens is 1. The number of pyridine rings is 1. The average Bonchev–Trinajstić information content (AvgIpc) is 3.72. The van der Waals surface area contributed by atoms with Crippen molar-refractivity contribution >= 4 is 46.5 Å². The summed E-state index contributed by atoms with van der Waals surface area (Å²) in [7, 11) is 0. The van der Waals surface area contributed by atoms with Crippen LogP contribution in [0.4, 0.5) is 23.2 Å². The lowest BCUT2D eigenvalue weighted by atomic mass is 9.99. The minimum atomic E-state index is -3.36. The molecule has 0 fully saturated rings. The molecule has 2 aromatic carbocycles. The number of ether oxygens (including phenoxy) is 11. The van der Waals surface area contributed by atoms with Gasteiger partial charge in [-0.05, 0) is 49.6 Å². The second-order valence-electron chi connectivity index (χ2n) is 17.1. The second kappa shape index (κ2) is 39.1. The summed E-state index contributed by atoms with van der Waals surface area (Å²) in [6.45, 7) is 13.0. The van der Waals surface area contributed by atoms with Gasteiger partial charge in [-0.1, -0.05) is 19.1 Å². The zero-order valence-electron chi connectivity index (χ0n) is 45.4. The van der Waals surface area contributed by atoms with Gasteiger partial charge in [-0.25, -0.2) is 23.0 Å². The van der Waals surface area contributed by atoms with Crippen molar-refractivity contribution in [2.24, 2.45) is 10.7 Å². The van der Waals surface area contributed by atoms with Gasteiger partial charge in [-0.3, -0.25) is 24.2 Å². The van der Waals surface area contributed by atoms with Crippen molar-refractivity contribution in [3.05, 3.63) is 76.1 Å². The summed E-state index contributed by atoms with van der Waals surface area (Å²) in [6, 6.07) is 7.75. The molecule has 446 valence electrons. The van der Waals surface area contributed by atoms with Crippen molar-refractivity contribution in [1.82, 2.24) is 15.4 Å². The maximum atomic E-state index is 14.0. The third-order valence-corrected chi connectivity index (χ3v) is 11.7. The van der Waals surface area contributed by atoms with E-state index in [4.69, 9.17) is 62.5 Å². The first-order valence-corrected chi connectivity index (χ1v) is 27.2. The monoisotopic (exact) mass is 1160 g/mol. The van der Waals surface area contributed by atoms with Crippen LogP contribution in [0.25, 0.3) is 17.2 Å². The smallest absolute Gasteiger partial charge is 0.313 e. The van der Waals surface area contributed by atoms with Crippen molar-refractivity contribution in [1.29, 1.82) is 0 Å². The van der Waals surface area contributed by atoms with Gasteiger partial charge in [0.2, 0.25) is 23.3 Å². The van der Waals surface area contributed by atoms with E-state index >= 15 is 0 Å². The third kappa shape index (κ3) is 24.8. The van der Waals surface area contributed by atoms with Gasteiger partial charge in [0.15, 0.2) is 22.7 Å². The Balaban J connectivity index is 0.868. The molecule has 4 N–H and O–H groups in total. The van der Waals surface area contributed by atoms with Crippen LogP contribution >= 0.6 is 0 Å². The number of esters is 1. The molecule has 0 radical (unpaired) electrons. The van der Waals surface area contributed by atoms with Crippen molar-refractivity contribution < 1.29 is 97.7 Å². The summed E-state index contributed by atoms with van der Waals surface area (Å²) in [4.78, 5) is 50.6. The Labute approximate surface area is 465 Å². The van der Waals surface area contributed by atoms with E-state index in [1.165, 1.54) is 5.06 Å². The van der Waals surface area contributed by atoms with Crippen molar-refractivity contribution in [3.63, 3.8) is 0 Å². The number of nitrogens with two attached hydrogens (primary N) is 1. The number of fused-ring (bicyclic) bond motifs is 1. The highest BCUT2D eigenvalue weighted by molar-refractivity contribution is 7.79. The standard InChI is InChI=1S/C53H73F4N5O17S/c1-4-10-62(78-5-2)53(65)40-32-39-7-6-38(33-43(39)61-44(58)34-40)42-36-59-41(31-37(42)3)35-60-45(63)8-11-68-13-15-70-17-19-72-21-23-74-25-27-76-29-30-77-28-26-75-24-22-73-20-18-71-16-14-69-12-9-46(64)79-51-47(54)49(56)52(80(66)67)50(57)48(51)55/h6-7,31-33,36H,4-5,8-30,34-35H2,1-3H3,(H2,58,61)(H,60,63)(H,66,67). The number of aliphatic imine (C=N–C) groups is 1. The number of aryl methyl sites for hydroxylation is 1. The van der Waals surface area contributed by atoms with Crippen molar-refractivity contribution in [2.45, 2.75) is 57.9 Å². The largest absolute Gasteiger partial charge is 0.420 e. The number of carbonyl (C=O) groups excluding carboxylic acids is 3. The molecule has 22 nitrogen and oxygen atoms in total.